The molecule has 0 spiro atoms. The maximum absolute atomic E-state index is 11.5. The van der Waals surface area contributed by atoms with Crippen LogP contribution in [-0.4, -0.2) is 16.9 Å². The third-order valence-electron chi connectivity index (χ3n) is 1.94. The Bertz CT molecular complexity index is 345. The Morgan fingerprint density at radius 1 is 1.73 bits per heavy atom. The van der Waals surface area contributed by atoms with E-state index < -0.39 is 6.04 Å². The predicted octanol–water partition coefficient (Wildman–Crippen LogP) is 1.23. The number of nitrogens with two attached hydrogens (primary N) is 1. The number of nitrogens with one attached hydrogen (secondary N) is 1. The number of hydrogen-bond acceptors (Lipinski definition) is 3. The number of carbonyl (C=O) groups excluding carboxylic acids is 1. The Morgan fingerprint density at radius 2 is 2.47 bits per heavy atom. The van der Waals surface area contributed by atoms with Crippen LogP contribution in [0.5, 0.6) is 0 Å². The summed E-state index contributed by atoms with van der Waals surface area (Å²) >= 11 is 0. The zero-order valence-corrected chi connectivity index (χ0v) is 8.73. The Kier molecular flexibility index (Phi) is 4.00. The fraction of sp³-hybridized carbons (Fsp3) is 0.273. The molecule has 80 valence electrons. The van der Waals surface area contributed by atoms with Crippen molar-refractivity contribution in [1.29, 1.82) is 0 Å². The molecule has 1 aromatic heterocycles. The Morgan fingerprint density at radius 3 is 3.00 bits per heavy atom. The first kappa shape index (κ1) is 11.4. The van der Waals surface area contributed by atoms with E-state index in [-0.39, 0.29) is 5.91 Å². The van der Waals surface area contributed by atoms with Gasteiger partial charge in [-0.1, -0.05) is 6.08 Å². The zero-order chi connectivity index (χ0) is 11.3. The minimum Gasteiger partial charge on any atom is -0.323 e. The monoisotopic (exact) mass is 205 g/mol. The summed E-state index contributed by atoms with van der Waals surface area (Å²) in [6.45, 7) is 5.41. The third kappa shape index (κ3) is 3.52. The van der Waals surface area contributed by atoms with Crippen LogP contribution in [-0.2, 0) is 4.79 Å². The highest BCUT2D eigenvalue weighted by molar-refractivity contribution is 5.94. The molecule has 1 unspecified atom stereocenters. The van der Waals surface area contributed by atoms with Crippen LogP contribution in [0.1, 0.15) is 12.1 Å². The molecule has 0 saturated carbocycles. The number of aryl methyl sites for hydroxylation is 1. The Labute approximate surface area is 89.2 Å². The molecule has 1 amide bonds. The summed E-state index contributed by atoms with van der Waals surface area (Å²) in [6.07, 6.45) is 3.69. The fourth-order valence-corrected chi connectivity index (χ4v) is 1.06. The van der Waals surface area contributed by atoms with Crippen molar-refractivity contribution in [3.63, 3.8) is 0 Å². The van der Waals surface area contributed by atoms with E-state index in [1.54, 1.807) is 18.3 Å². The molecule has 1 aromatic rings. The minimum absolute atomic E-state index is 0.222. The second kappa shape index (κ2) is 5.26. The summed E-state index contributed by atoms with van der Waals surface area (Å²) in [5.74, 6) is -0.222. The average molecular weight is 205 g/mol. The molecule has 0 aromatic carbocycles. The standard InChI is InChI=1S/C11H15N3O/c1-3-4-10(12)11(15)14-9-6-5-8(2)13-7-9/h3,5-7,10H,1,4,12H2,2H3,(H,14,15). The molecule has 4 nitrogen and oxygen atoms in total. The molecule has 1 atom stereocenters. The minimum atomic E-state index is -0.552. The van der Waals surface area contributed by atoms with Gasteiger partial charge in [-0.15, -0.1) is 6.58 Å². The van der Waals surface area contributed by atoms with Gasteiger partial charge in [-0.25, -0.2) is 0 Å². The van der Waals surface area contributed by atoms with Crippen LogP contribution in [0.25, 0.3) is 0 Å². The zero-order valence-electron chi connectivity index (χ0n) is 8.73. The van der Waals surface area contributed by atoms with Crippen molar-refractivity contribution in [2.24, 2.45) is 5.73 Å². The van der Waals surface area contributed by atoms with Gasteiger partial charge < -0.3 is 11.1 Å². The second-order valence-corrected chi connectivity index (χ2v) is 3.31. The van der Waals surface area contributed by atoms with Gasteiger partial charge in [-0.3, -0.25) is 9.78 Å². The van der Waals surface area contributed by atoms with Gasteiger partial charge >= 0.3 is 0 Å². The molecule has 4 heteroatoms. The largest absolute Gasteiger partial charge is 0.323 e. The van der Waals surface area contributed by atoms with Crippen LogP contribution in [0.2, 0.25) is 0 Å². The van der Waals surface area contributed by atoms with Crippen LogP contribution in [0.15, 0.2) is 31.0 Å². The van der Waals surface area contributed by atoms with Crippen molar-refractivity contribution in [2.75, 3.05) is 5.32 Å². The number of pyridine rings is 1. The molecule has 1 heterocycles. The first-order valence-electron chi connectivity index (χ1n) is 4.73. The molecule has 0 aliphatic heterocycles. The van der Waals surface area contributed by atoms with Crippen LogP contribution < -0.4 is 11.1 Å². The summed E-state index contributed by atoms with van der Waals surface area (Å²) in [4.78, 5) is 15.5. The Hall–Kier alpha value is -1.68. The van der Waals surface area contributed by atoms with Crippen molar-refractivity contribution in [3.05, 3.63) is 36.7 Å². The number of rotatable bonds is 4. The smallest absolute Gasteiger partial charge is 0.241 e. The first-order valence-corrected chi connectivity index (χ1v) is 4.73. The van der Waals surface area contributed by atoms with Crippen molar-refractivity contribution in [3.8, 4) is 0 Å². The maximum atomic E-state index is 11.5. The van der Waals surface area contributed by atoms with Gasteiger partial charge in [-0.05, 0) is 25.5 Å². The van der Waals surface area contributed by atoms with Gasteiger partial charge in [0, 0.05) is 5.69 Å². The summed E-state index contributed by atoms with van der Waals surface area (Å²) in [5.41, 5.74) is 7.17. The predicted molar refractivity (Wildman–Crippen MR) is 60.4 cm³/mol. The van der Waals surface area contributed by atoms with Crippen LogP contribution in [0, 0.1) is 6.92 Å². The Balaban J connectivity index is 2.58. The number of hydrogen-bond donors (Lipinski definition) is 2. The lowest BCUT2D eigenvalue weighted by molar-refractivity contribution is -0.117. The number of aromatic nitrogens is 1. The molecule has 0 fully saturated rings. The number of carbonyl (C=O) groups is 1. The van der Waals surface area contributed by atoms with E-state index in [0.29, 0.717) is 12.1 Å². The van der Waals surface area contributed by atoms with Gasteiger partial charge in [0.25, 0.3) is 0 Å². The van der Waals surface area contributed by atoms with Crippen molar-refractivity contribution < 1.29 is 4.79 Å². The van der Waals surface area contributed by atoms with Gasteiger partial charge in [0.05, 0.1) is 17.9 Å². The van der Waals surface area contributed by atoms with Gasteiger partial charge in [0.2, 0.25) is 5.91 Å². The maximum Gasteiger partial charge on any atom is 0.241 e. The molecule has 0 aliphatic carbocycles. The summed E-state index contributed by atoms with van der Waals surface area (Å²) in [7, 11) is 0. The second-order valence-electron chi connectivity index (χ2n) is 3.31. The van der Waals surface area contributed by atoms with E-state index in [9.17, 15) is 4.79 Å². The van der Waals surface area contributed by atoms with E-state index in [4.69, 9.17) is 5.73 Å². The average Bonchev–Trinajstić information content (AvgIpc) is 2.22. The number of anilines is 1. The van der Waals surface area contributed by atoms with E-state index in [2.05, 4.69) is 16.9 Å². The molecule has 0 saturated heterocycles. The SMILES string of the molecule is C=CCC(N)C(=O)Nc1ccc(C)nc1. The summed E-state index contributed by atoms with van der Waals surface area (Å²) in [5, 5.41) is 2.68. The van der Waals surface area contributed by atoms with E-state index in [0.717, 1.165) is 5.69 Å². The van der Waals surface area contributed by atoms with E-state index >= 15 is 0 Å². The lowest BCUT2D eigenvalue weighted by Crippen LogP contribution is -2.35. The van der Waals surface area contributed by atoms with Crippen LogP contribution in [0.4, 0.5) is 5.69 Å². The third-order valence-corrected chi connectivity index (χ3v) is 1.94. The lowest BCUT2D eigenvalue weighted by atomic mass is 10.2. The van der Waals surface area contributed by atoms with Crippen molar-refractivity contribution in [1.82, 2.24) is 4.98 Å². The highest BCUT2D eigenvalue weighted by Crippen LogP contribution is 2.06. The number of amides is 1. The summed E-state index contributed by atoms with van der Waals surface area (Å²) < 4.78 is 0. The van der Waals surface area contributed by atoms with Crippen LogP contribution >= 0.6 is 0 Å². The first-order chi connectivity index (χ1) is 7.13. The molecule has 15 heavy (non-hydrogen) atoms. The van der Waals surface area contributed by atoms with Gasteiger partial charge in [0.1, 0.15) is 0 Å². The molecule has 1 rings (SSSR count). The highest BCUT2D eigenvalue weighted by Gasteiger charge is 2.11. The lowest BCUT2D eigenvalue weighted by Gasteiger charge is -2.09. The molecule has 0 aliphatic rings. The summed E-state index contributed by atoms with van der Waals surface area (Å²) in [6, 6.07) is 3.07. The van der Waals surface area contributed by atoms with E-state index in [1.165, 1.54) is 0 Å². The normalized spacial score (nSPS) is 11.9. The quantitative estimate of drug-likeness (QED) is 0.726. The molecule has 3 N–H and O–H groups in total. The van der Waals surface area contributed by atoms with Crippen molar-refractivity contribution in [2.45, 2.75) is 19.4 Å². The van der Waals surface area contributed by atoms with Gasteiger partial charge in [-0.2, -0.15) is 0 Å². The van der Waals surface area contributed by atoms with Crippen LogP contribution in [0.3, 0.4) is 0 Å². The molecular formula is C11H15N3O. The number of nitrogens with zero attached hydrogens (tertiary/aromatic N) is 1. The van der Waals surface area contributed by atoms with Crippen molar-refractivity contribution >= 4 is 11.6 Å². The topological polar surface area (TPSA) is 68.0 Å². The van der Waals surface area contributed by atoms with E-state index in [1.807, 2.05) is 13.0 Å². The van der Waals surface area contributed by atoms with Gasteiger partial charge in [0.15, 0.2) is 0 Å². The molecular weight excluding hydrogens is 190 g/mol. The highest BCUT2D eigenvalue weighted by atomic mass is 16.2. The molecule has 0 bridgehead atoms. The molecule has 0 radical (unpaired) electrons. The fourth-order valence-electron chi connectivity index (χ4n) is 1.06.